The summed E-state index contributed by atoms with van der Waals surface area (Å²) >= 11 is 2.00. The van der Waals surface area contributed by atoms with Crippen molar-refractivity contribution in [1.82, 2.24) is 9.13 Å². The molecule has 4 aliphatic rings. The van der Waals surface area contributed by atoms with Crippen LogP contribution in [0.3, 0.4) is 0 Å². The highest BCUT2D eigenvalue weighted by Gasteiger charge is 2.33. The Kier molecular flexibility index (Phi) is 6.60. The molecule has 2 nitrogen and oxygen atoms in total. The van der Waals surface area contributed by atoms with Gasteiger partial charge in [0.1, 0.15) is 0 Å². The van der Waals surface area contributed by atoms with Gasteiger partial charge in [0.15, 0.2) is 0 Å². The highest BCUT2D eigenvalue weighted by atomic mass is 32.2. The molecular weight excluding hydrogens is 637 g/mol. The van der Waals surface area contributed by atoms with E-state index in [2.05, 4.69) is 173 Å². The van der Waals surface area contributed by atoms with E-state index in [9.17, 15) is 0 Å². The summed E-state index contributed by atoms with van der Waals surface area (Å²) in [5, 5.41) is 4.47. The molecule has 3 heteroatoms. The molecule has 5 aromatic carbocycles. The van der Waals surface area contributed by atoms with E-state index in [1.54, 1.807) is 0 Å². The molecule has 0 saturated carbocycles. The second-order valence-electron chi connectivity index (χ2n) is 14.3. The maximum atomic E-state index is 2.55. The van der Waals surface area contributed by atoms with Gasteiger partial charge in [0.05, 0.1) is 11.6 Å². The van der Waals surface area contributed by atoms with Crippen molar-refractivity contribution in [2.24, 2.45) is 0 Å². The fourth-order valence-electron chi connectivity index (χ4n) is 9.06. The van der Waals surface area contributed by atoms with Crippen LogP contribution in [0.5, 0.6) is 0 Å². The average molecular weight is 673 g/mol. The second-order valence-corrected chi connectivity index (χ2v) is 15.5. The number of benzene rings is 5. The van der Waals surface area contributed by atoms with Crippen LogP contribution in [0, 0.1) is 0 Å². The van der Waals surface area contributed by atoms with Gasteiger partial charge in [-0.05, 0) is 95.1 Å². The van der Waals surface area contributed by atoms with Crippen molar-refractivity contribution < 1.29 is 0 Å². The predicted octanol–water partition coefficient (Wildman–Crippen LogP) is 12.6. The summed E-state index contributed by atoms with van der Waals surface area (Å²) in [5.41, 5.74) is 14.5. The molecule has 1 aliphatic heterocycles. The third-order valence-electron chi connectivity index (χ3n) is 11.5. The van der Waals surface area contributed by atoms with Crippen LogP contribution in [0.15, 0.2) is 163 Å². The molecule has 3 heterocycles. The number of para-hydroxylation sites is 1. The molecule has 3 unspecified atom stereocenters. The summed E-state index contributed by atoms with van der Waals surface area (Å²) in [7, 11) is 0. The van der Waals surface area contributed by atoms with Crippen molar-refractivity contribution >= 4 is 61.8 Å². The largest absolute Gasteiger partial charge is 0.333 e. The van der Waals surface area contributed by atoms with Crippen LogP contribution in [-0.2, 0) is 6.42 Å². The van der Waals surface area contributed by atoms with E-state index in [0.717, 1.165) is 19.3 Å². The lowest BCUT2D eigenvalue weighted by molar-refractivity contribution is 0.649. The van der Waals surface area contributed by atoms with Crippen molar-refractivity contribution in [2.45, 2.75) is 41.4 Å². The van der Waals surface area contributed by atoms with Crippen molar-refractivity contribution in [3.05, 3.63) is 180 Å². The van der Waals surface area contributed by atoms with E-state index < -0.39 is 0 Å². The molecule has 0 spiro atoms. The van der Waals surface area contributed by atoms with E-state index >= 15 is 0 Å². The average Bonchev–Trinajstić information content (AvgIpc) is 3.85. The van der Waals surface area contributed by atoms with E-state index in [0.29, 0.717) is 11.2 Å². The minimum absolute atomic E-state index is 0.270. The molecule has 3 atom stereocenters. The highest BCUT2D eigenvalue weighted by molar-refractivity contribution is 8.00. The fraction of sp³-hybridized carbons (Fsp3) is 0.125. The van der Waals surface area contributed by atoms with Gasteiger partial charge in [0.25, 0.3) is 0 Å². The summed E-state index contributed by atoms with van der Waals surface area (Å²) in [6, 6.07) is 43.2. The van der Waals surface area contributed by atoms with Crippen LogP contribution >= 0.6 is 11.8 Å². The molecule has 51 heavy (non-hydrogen) atoms. The summed E-state index contributed by atoms with van der Waals surface area (Å²) in [4.78, 5) is 1.42. The number of hydrogen-bond acceptors (Lipinski definition) is 1. The third-order valence-corrected chi connectivity index (χ3v) is 12.8. The Labute approximate surface area is 302 Å². The fourth-order valence-corrected chi connectivity index (χ4v) is 10.4. The number of rotatable bonds is 4. The number of thioether (sulfide) groups is 1. The first kappa shape index (κ1) is 29.2. The van der Waals surface area contributed by atoms with Gasteiger partial charge in [0.2, 0.25) is 0 Å². The first-order valence-electron chi connectivity index (χ1n) is 18.3. The number of nitrogens with zero attached hydrogens (tertiary/aromatic N) is 2. The number of aryl methyl sites for hydroxylation is 1. The lowest BCUT2D eigenvalue weighted by Gasteiger charge is -2.22. The maximum Gasteiger partial charge on any atom is 0.0560 e. The first-order valence-corrected chi connectivity index (χ1v) is 19.1. The van der Waals surface area contributed by atoms with E-state index in [1.165, 1.54) is 82.4 Å². The molecule has 0 saturated heterocycles. The topological polar surface area (TPSA) is 9.86 Å². The summed E-state index contributed by atoms with van der Waals surface area (Å²) in [5.74, 6) is 0.397. The molecule has 244 valence electrons. The molecular formula is C48H36N2S. The maximum absolute atomic E-state index is 2.55. The van der Waals surface area contributed by atoms with E-state index in [4.69, 9.17) is 0 Å². The summed E-state index contributed by atoms with van der Waals surface area (Å²) < 4.78 is 5.09. The molecule has 0 amide bonds. The molecule has 2 aromatic heterocycles. The van der Waals surface area contributed by atoms with Gasteiger partial charge in [-0.3, -0.25) is 0 Å². The number of allylic oxidation sites excluding steroid dienone is 8. The third kappa shape index (κ3) is 4.58. The van der Waals surface area contributed by atoms with Crippen molar-refractivity contribution in [1.29, 1.82) is 0 Å². The molecule has 0 fully saturated rings. The molecule has 0 radical (unpaired) electrons. The molecule has 7 aromatic rings. The monoisotopic (exact) mass is 672 g/mol. The Morgan fingerprint density at radius 1 is 0.627 bits per heavy atom. The zero-order chi connectivity index (χ0) is 33.5. The molecule has 11 rings (SSSR count). The number of aromatic nitrogens is 2. The SMILES string of the molecule is C1=Cc2c(c3ccc(-c4ccc5c(c4)c4ccccc4n5C4C=CC(c5ccccc5)=CC4)cc3n2C2=CC3c4ccccc4SC3C=C2)CC1. The van der Waals surface area contributed by atoms with Crippen LogP contribution < -0.4 is 0 Å². The van der Waals surface area contributed by atoms with Crippen LogP contribution in [0.1, 0.15) is 47.2 Å². The normalized spacial score (nSPS) is 20.4. The van der Waals surface area contributed by atoms with Crippen LogP contribution in [0.4, 0.5) is 0 Å². The molecule has 3 aliphatic carbocycles. The van der Waals surface area contributed by atoms with Crippen LogP contribution in [-0.4, -0.2) is 14.4 Å². The van der Waals surface area contributed by atoms with E-state index in [-0.39, 0.29) is 6.04 Å². The Morgan fingerprint density at radius 2 is 1.45 bits per heavy atom. The first-order chi connectivity index (χ1) is 25.3. The van der Waals surface area contributed by atoms with Crippen LogP contribution in [0.2, 0.25) is 0 Å². The predicted molar refractivity (Wildman–Crippen MR) is 217 cm³/mol. The highest BCUT2D eigenvalue weighted by Crippen LogP contribution is 2.50. The van der Waals surface area contributed by atoms with Crippen LogP contribution in [0.25, 0.3) is 61.2 Å². The van der Waals surface area contributed by atoms with Crippen molar-refractivity contribution in [3.8, 4) is 11.1 Å². The van der Waals surface area contributed by atoms with Gasteiger partial charge >= 0.3 is 0 Å². The van der Waals surface area contributed by atoms with Gasteiger partial charge in [-0.15, -0.1) is 11.8 Å². The number of hydrogen-bond donors (Lipinski definition) is 0. The smallest absolute Gasteiger partial charge is 0.0560 e. The minimum Gasteiger partial charge on any atom is -0.333 e. The zero-order valence-electron chi connectivity index (χ0n) is 28.2. The molecule has 0 N–H and O–H groups in total. The van der Waals surface area contributed by atoms with Gasteiger partial charge in [-0.2, -0.15) is 0 Å². The van der Waals surface area contributed by atoms with Gasteiger partial charge in [-0.25, -0.2) is 0 Å². The standard InChI is InChI=1S/C48H36N2S/c1-2-10-31(11-3-1)32-18-22-35(23-19-32)49-44-16-8-5-13-38(44)41-28-33(21-26-45(41)49)34-20-25-39-37-12-4-7-15-43(37)50(46(39)29-34)36-24-27-48-42(30-36)40-14-6-9-17-47(40)51-48/h1-3,5-11,13-22,24-30,35,42,48H,4,12,23H2. The lowest BCUT2D eigenvalue weighted by Crippen LogP contribution is -2.12. The van der Waals surface area contributed by atoms with Gasteiger partial charge in [0, 0.05) is 54.6 Å². The Morgan fingerprint density at radius 3 is 2.37 bits per heavy atom. The minimum atomic E-state index is 0.270. The summed E-state index contributed by atoms with van der Waals surface area (Å²) in [6.45, 7) is 0. The van der Waals surface area contributed by atoms with Crippen molar-refractivity contribution in [3.63, 3.8) is 0 Å². The van der Waals surface area contributed by atoms with Gasteiger partial charge < -0.3 is 9.13 Å². The second kappa shape index (κ2) is 11.5. The van der Waals surface area contributed by atoms with Crippen molar-refractivity contribution in [2.75, 3.05) is 0 Å². The van der Waals surface area contributed by atoms with E-state index in [1.807, 2.05) is 11.8 Å². The Bertz CT molecular complexity index is 2710. The van der Waals surface area contributed by atoms with Gasteiger partial charge in [-0.1, -0.05) is 121 Å². The zero-order valence-corrected chi connectivity index (χ0v) is 29.1. The lowest BCUT2D eigenvalue weighted by atomic mass is 9.91. The Hall–Kier alpha value is -5.51. The Balaban J connectivity index is 1.02. The molecule has 0 bridgehead atoms. The quantitative estimate of drug-likeness (QED) is 0.181. The summed E-state index contributed by atoms with van der Waals surface area (Å²) in [6.07, 6.45) is 22.3. The number of fused-ring (bicyclic) bond motifs is 9.